The standard InChI is InChI=1S/C11H12F2N2O2/c1-5(16)4-14-10-7-2-6(12)3-8(13)9(7)15-11(10)17/h2-3,5,10,14,16H,4H2,1H3,(H,15,17). The number of carbonyl (C=O) groups is 1. The molecule has 0 spiro atoms. The van der Waals surface area contributed by atoms with Gasteiger partial charge in [-0.15, -0.1) is 0 Å². The molecule has 1 heterocycles. The van der Waals surface area contributed by atoms with E-state index in [1.165, 1.54) is 0 Å². The highest BCUT2D eigenvalue weighted by molar-refractivity contribution is 6.02. The number of aliphatic hydroxyl groups is 1. The minimum Gasteiger partial charge on any atom is -0.392 e. The van der Waals surface area contributed by atoms with E-state index in [2.05, 4.69) is 10.6 Å². The molecular formula is C11H12F2N2O2. The Morgan fingerprint density at radius 1 is 1.53 bits per heavy atom. The fourth-order valence-electron chi connectivity index (χ4n) is 1.78. The zero-order chi connectivity index (χ0) is 12.6. The molecule has 0 aromatic heterocycles. The molecule has 0 radical (unpaired) electrons. The Morgan fingerprint density at radius 2 is 2.24 bits per heavy atom. The molecule has 1 aliphatic rings. The van der Waals surface area contributed by atoms with Gasteiger partial charge in [-0.1, -0.05) is 0 Å². The Hall–Kier alpha value is -1.53. The summed E-state index contributed by atoms with van der Waals surface area (Å²) >= 11 is 0. The Balaban J connectivity index is 2.30. The summed E-state index contributed by atoms with van der Waals surface area (Å²) in [4.78, 5) is 11.6. The van der Waals surface area contributed by atoms with Crippen LogP contribution in [0.25, 0.3) is 0 Å². The molecule has 6 heteroatoms. The van der Waals surface area contributed by atoms with E-state index in [4.69, 9.17) is 5.11 Å². The van der Waals surface area contributed by atoms with Crippen molar-refractivity contribution in [1.29, 1.82) is 0 Å². The lowest BCUT2D eigenvalue weighted by molar-refractivity contribution is -0.117. The van der Waals surface area contributed by atoms with Gasteiger partial charge in [0.2, 0.25) is 5.91 Å². The quantitative estimate of drug-likeness (QED) is 0.739. The number of amides is 1. The van der Waals surface area contributed by atoms with Crippen molar-refractivity contribution in [1.82, 2.24) is 5.32 Å². The summed E-state index contributed by atoms with van der Waals surface area (Å²) in [6.07, 6.45) is -0.648. The average Bonchev–Trinajstić information content (AvgIpc) is 2.52. The van der Waals surface area contributed by atoms with Crippen LogP contribution in [0.2, 0.25) is 0 Å². The van der Waals surface area contributed by atoms with Crippen molar-refractivity contribution >= 4 is 11.6 Å². The number of carbonyl (C=O) groups excluding carboxylic acids is 1. The second kappa shape index (κ2) is 4.38. The number of nitrogens with one attached hydrogen (secondary N) is 2. The predicted octanol–water partition coefficient (Wildman–Crippen LogP) is 0.928. The number of hydrogen-bond donors (Lipinski definition) is 3. The number of benzene rings is 1. The van der Waals surface area contributed by atoms with Crippen LogP contribution < -0.4 is 10.6 Å². The van der Waals surface area contributed by atoms with Gasteiger partial charge in [0.25, 0.3) is 0 Å². The molecule has 1 aromatic carbocycles. The Morgan fingerprint density at radius 3 is 2.88 bits per heavy atom. The summed E-state index contributed by atoms with van der Waals surface area (Å²) in [7, 11) is 0. The second-order valence-corrected chi connectivity index (χ2v) is 4.03. The third kappa shape index (κ3) is 2.27. The molecule has 4 nitrogen and oxygen atoms in total. The van der Waals surface area contributed by atoms with E-state index in [-0.39, 0.29) is 17.8 Å². The van der Waals surface area contributed by atoms with Crippen LogP contribution in [0.3, 0.4) is 0 Å². The Labute approximate surface area is 96.6 Å². The van der Waals surface area contributed by atoms with Gasteiger partial charge in [-0.05, 0) is 13.0 Å². The Kier molecular flexibility index (Phi) is 3.08. The van der Waals surface area contributed by atoms with Crippen molar-refractivity contribution in [2.75, 3.05) is 11.9 Å². The molecule has 1 amide bonds. The smallest absolute Gasteiger partial charge is 0.246 e. The lowest BCUT2D eigenvalue weighted by Gasteiger charge is -2.12. The van der Waals surface area contributed by atoms with Crippen molar-refractivity contribution in [3.05, 3.63) is 29.3 Å². The molecule has 3 N–H and O–H groups in total. The summed E-state index contributed by atoms with van der Waals surface area (Å²) < 4.78 is 26.4. The summed E-state index contributed by atoms with van der Waals surface area (Å²) in [5.41, 5.74) is 0.229. The average molecular weight is 242 g/mol. The summed E-state index contributed by atoms with van der Waals surface area (Å²) in [6, 6.07) is 0.997. The van der Waals surface area contributed by atoms with Crippen molar-refractivity contribution < 1.29 is 18.7 Å². The summed E-state index contributed by atoms with van der Waals surface area (Å²) in [5, 5.41) is 14.2. The minimum absolute atomic E-state index is 0.000470. The molecule has 92 valence electrons. The van der Waals surface area contributed by atoms with Gasteiger partial charge < -0.3 is 10.4 Å². The van der Waals surface area contributed by atoms with Crippen LogP contribution in [-0.2, 0) is 4.79 Å². The SMILES string of the molecule is CC(O)CNC1C(=O)Nc2c(F)cc(F)cc21. The van der Waals surface area contributed by atoms with Gasteiger partial charge >= 0.3 is 0 Å². The van der Waals surface area contributed by atoms with Crippen LogP contribution >= 0.6 is 0 Å². The number of hydrogen-bond acceptors (Lipinski definition) is 3. The third-order valence-electron chi connectivity index (χ3n) is 2.52. The zero-order valence-corrected chi connectivity index (χ0v) is 9.13. The highest BCUT2D eigenvalue weighted by Crippen LogP contribution is 2.33. The fraction of sp³-hybridized carbons (Fsp3) is 0.364. The van der Waals surface area contributed by atoms with Crippen LogP contribution in [0.1, 0.15) is 18.5 Å². The molecule has 2 rings (SSSR count). The van der Waals surface area contributed by atoms with Gasteiger partial charge in [0.05, 0.1) is 11.8 Å². The fourth-order valence-corrected chi connectivity index (χ4v) is 1.78. The first-order valence-electron chi connectivity index (χ1n) is 5.20. The predicted molar refractivity (Wildman–Crippen MR) is 57.4 cm³/mol. The van der Waals surface area contributed by atoms with E-state index in [1.54, 1.807) is 6.92 Å². The highest BCUT2D eigenvalue weighted by Gasteiger charge is 2.33. The molecule has 0 fully saturated rings. The van der Waals surface area contributed by atoms with Gasteiger partial charge in [-0.3, -0.25) is 10.1 Å². The van der Waals surface area contributed by atoms with Gasteiger partial charge in [-0.25, -0.2) is 8.78 Å². The number of aliphatic hydroxyl groups excluding tert-OH is 1. The molecule has 2 atom stereocenters. The first kappa shape index (κ1) is 11.9. The van der Waals surface area contributed by atoms with E-state index in [0.717, 1.165) is 12.1 Å². The molecule has 2 unspecified atom stereocenters. The lowest BCUT2D eigenvalue weighted by atomic mass is 10.1. The minimum atomic E-state index is -0.829. The van der Waals surface area contributed by atoms with Gasteiger partial charge in [0.1, 0.15) is 17.7 Å². The molecule has 17 heavy (non-hydrogen) atoms. The molecule has 0 saturated carbocycles. The normalized spacial score (nSPS) is 20.0. The van der Waals surface area contributed by atoms with Crippen LogP contribution in [0, 0.1) is 11.6 Å². The maximum absolute atomic E-state index is 13.4. The largest absolute Gasteiger partial charge is 0.392 e. The van der Waals surface area contributed by atoms with Crippen LogP contribution in [0.5, 0.6) is 0 Å². The van der Waals surface area contributed by atoms with Crippen LogP contribution in [0.15, 0.2) is 12.1 Å². The van der Waals surface area contributed by atoms with E-state index in [0.29, 0.717) is 0 Å². The molecule has 0 bridgehead atoms. The van der Waals surface area contributed by atoms with Gasteiger partial charge in [0.15, 0.2) is 0 Å². The summed E-state index contributed by atoms with van der Waals surface area (Å²) in [6.45, 7) is 1.71. The van der Waals surface area contributed by atoms with Crippen molar-refractivity contribution in [2.24, 2.45) is 0 Å². The van der Waals surface area contributed by atoms with E-state index in [9.17, 15) is 13.6 Å². The summed E-state index contributed by atoms with van der Waals surface area (Å²) in [5.74, 6) is -1.98. The second-order valence-electron chi connectivity index (χ2n) is 4.03. The number of anilines is 1. The molecule has 1 aromatic rings. The van der Waals surface area contributed by atoms with E-state index >= 15 is 0 Å². The van der Waals surface area contributed by atoms with Gasteiger partial charge in [0, 0.05) is 18.2 Å². The van der Waals surface area contributed by atoms with E-state index < -0.39 is 29.7 Å². The lowest BCUT2D eigenvalue weighted by Crippen LogP contribution is -2.32. The molecule has 0 saturated heterocycles. The monoisotopic (exact) mass is 242 g/mol. The van der Waals surface area contributed by atoms with E-state index in [1.807, 2.05) is 0 Å². The number of fused-ring (bicyclic) bond motifs is 1. The zero-order valence-electron chi connectivity index (χ0n) is 9.13. The third-order valence-corrected chi connectivity index (χ3v) is 2.52. The first-order chi connectivity index (χ1) is 7.99. The molecular weight excluding hydrogens is 230 g/mol. The highest BCUT2D eigenvalue weighted by atomic mass is 19.1. The maximum Gasteiger partial charge on any atom is 0.246 e. The Bertz CT molecular complexity index is 463. The topological polar surface area (TPSA) is 61.4 Å². The van der Waals surface area contributed by atoms with Crippen LogP contribution in [0.4, 0.5) is 14.5 Å². The first-order valence-corrected chi connectivity index (χ1v) is 5.20. The van der Waals surface area contributed by atoms with Crippen LogP contribution in [-0.4, -0.2) is 23.7 Å². The molecule has 0 aliphatic carbocycles. The van der Waals surface area contributed by atoms with Crippen molar-refractivity contribution in [2.45, 2.75) is 19.1 Å². The van der Waals surface area contributed by atoms with Crippen molar-refractivity contribution in [3.63, 3.8) is 0 Å². The molecule has 1 aliphatic heterocycles. The number of halogens is 2. The maximum atomic E-state index is 13.4. The van der Waals surface area contributed by atoms with Crippen molar-refractivity contribution in [3.8, 4) is 0 Å². The number of rotatable bonds is 3. The van der Waals surface area contributed by atoms with Gasteiger partial charge in [-0.2, -0.15) is 0 Å².